The van der Waals surface area contributed by atoms with Crippen molar-refractivity contribution in [1.82, 2.24) is 0 Å². The molecule has 12 rings (SSSR count). The Balaban J connectivity index is 1.03. The van der Waals surface area contributed by atoms with Crippen LogP contribution in [0.2, 0.25) is 0 Å². The van der Waals surface area contributed by atoms with Crippen molar-refractivity contribution < 1.29 is 4.42 Å². The molecule has 0 bridgehead atoms. The molecule has 0 atom stereocenters. The topological polar surface area (TPSA) is 16.4 Å². The first-order valence-electron chi connectivity index (χ1n) is 21.3. The van der Waals surface area contributed by atoms with Gasteiger partial charge in [-0.15, -0.1) is 0 Å². The highest BCUT2D eigenvalue weighted by Gasteiger charge is 2.51. The average Bonchev–Trinajstić information content (AvgIpc) is 3.94. The van der Waals surface area contributed by atoms with Gasteiger partial charge in [-0.25, -0.2) is 0 Å². The van der Waals surface area contributed by atoms with E-state index in [1.807, 2.05) is 12.1 Å². The van der Waals surface area contributed by atoms with Gasteiger partial charge in [-0.2, -0.15) is 0 Å². The van der Waals surface area contributed by atoms with Gasteiger partial charge in [0.15, 0.2) is 0 Å². The Labute approximate surface area is 357 Å². The second-order valence-electron chi connectivity index (χ2n) is 17.7. The summed E-state index contributed by atoms with van der Waals surface area (Å²) in [6.07, 6.45) is 0. The number of fused-ring (bicyclic) bond motifs is 13. The average molecular weight is 782 g/mol. The van der Waals surface area contributed by atoms with Gasteiger partial charge in [0.2, 0.25) is 0 Å². The third-order valence-corrected chi connectivity index (χ3v) is 13.3. The van der Waals surface area contributed by atoms with E-state index in [2.05, 4.69) is 220 Å². The number of benzene rings is 9. The second kappa shape index (κ2) is 13.3. The minimum atomic E-state index is -0.432. The standard InChI is InChI=1S/C59H43NO/c1-58(2,3)41-29-23-38(24-30-41)39-25-31-42(32-26-39)60(43-33-27-40(28-34-43)45-17-12-18-51-50-16-7-11-22-56(50)61-57(45)51)44-35-36-49-48-15-6-10-21-54(48)59(55(49)37-44)52-19-8-4-13-46(52)47-14-5-9-20-53(47)59/h4-37H,1-3H3. The van der Waals surface area contributed by atoms with Gasteiger partial charge < -0.3 is 9.32 Å². The molecule has 0 aliphatic heterocycles. The molecule has 0 N–H and O–H groups in total. The van der Waals surface area contributed by atoms with Crippen molar-refractivity contribution in [2.24, 2.45) is 0 Å². The first kappa shape index (κ1) is 35.5. The van der Waals surface area contributed by atoms with Gasteiger partial charge in [-0.3, -0.25) is 0 Å². The minimum Gasteiger partial charge on any atom is -0.455 e. The fourth-order valence-corrected chi connectivity index (χ4v) is 10.4. The lowest BCUT2D eigenvalue weighted by molar-refractivity contribution is 0.590. The zero-order valence-corrected chi connectivity index (χ0v) is 34.5. The van der Waals surface area contributed by atoms with E-state index in [-0.39, 0.29) is 5.41 Å². The van der Waals surface area contributed by atoms with Crippen molar-refractivity contribution in [1.29, 1.82) is 0 Å². The summed E-state index contributed by atoms with van der Waals surface area (Å²) < 4.78 is 6.48. The van der Waals surface area contributed by atoms with Crippen LogP contribution < -0.4 is 4.90 Å². The van der Waals surface area contributed by atoms with Gasteiger partial charge in [0.1, 0.15) is 11.2 Å². The molecule has 2 aliphatic carbocycles. The Morgan fingerprint density at radius 3 is 1.43 bits per heavy atom. The lowest BCUT2D eigenvalue weighted by Gasteiger charge is -2.32. The van der Waals surface area contributed by atoms with Crippen molar-refractivity contribution in [3.8, 4) is 44.5 Å². The number of furan rings is 1. The summed E-state index contributed by atoms with van der Waals surface area (Å²) in [4.78, 5) is 2.42. The van der Waals surface area contributed by atoms with Gasteiger partial charge in [-0.05, 0) is 115 Å². The summed E-state index contributed by atoms with van der Waals surface area (Å²) in [5.74, 6) is 0. The summed E-state index contributed by atoms with van der Waals surface area (Å²) in [5.41, 5.74) is 21.3. The molecule has 2 heteroatoms. The summed E-state index contributed by atoms with van der Waals surface area (Å²) in [6, 6.07) is 76.1. The highest BCUT2D eigenvalue weighted by Crippen LogP contribution is 2.63. The molecule has 1 heterocycles. The smallest absolute Gasteiger partial charge is 0.143 e. The second-order valence-corrected chi connectivity index (χ2v) is 17.7. The van der Waals surface area contributed by atoms with Crippen LogP contribution >= 0.6 is 0 Å². The van der Waals surface area contributed by atoms with Crippen LogP contribution in [0.4, 0.5) is 17.1 Å². The largest absolute Gasteiger partial charge is 0.455 e. The molecule has 0 fully saturated rings. The lowest BCUT2D eigenvalue weighted by atomic mass is 9.70. The molecular weight excluding hydrogens is 739 g/mol. The van der Waals surface area contributed by atoms with E-state index in [4.69, 9.17) is 4.42 Å². The molecule has 0 saturated heterocycles. The molecule has 0 radical (unpaired) electrons. The molecule has 2 nitrogen and oxygen atoms in total. The van der Waals surface area contributed by atoms with Gasteiger partial charge in [0, 0.05) is 33.4 Å². The Hall–Kier alpha value is -7.42. The molecule has 10 aromatic rings. The molecule has 0 amide bonds. The van der Waals surface area contributed by atoms with Gasteiger partial charge in [0.05, 0.1) is 5.41 Å². The lowest BCUT2D eigenvalue weighted by Crippen LogP contribution is -2.26. The van der Waals surface area contributed by atoms with Crippen LogP contribution in [0.1, 0.15) is 48.6 Å². The summed E-state index contributed by atoms with van der Waals surface area (Å²) in [6.45, 7) is 6.79. The number of hydrogen-bond acceptors (Lipinski definition) is 2. The zero-order valence-electron chi connectivity index (χ0n) is 34.5. The Bertz CT molecular complexity index is 3260. The minimum absolute atomic E-state index is 0.107. The molecule has 61 heavy (non-hydrogen) atoms. The van der Waals surface area contributed by atoms with Crippen molar-refractivity contribution in [3.05, 3.63) is 234 Å². The monoisotopic (exact) mass is 781 g/mol. The van der Waals surface area contributed by atoms with Crippen LogP contribution in [0.25, 0.3) is 66.4 Å². The van der Waals surface area contributed by atoms with Crippen molar-refractivity contribution in [2.45, 2.75) is 31.6 Å². The molecule has 0 saturated carbocycles. The van der Waals surface area contributed by atoms with Gasteiger partial charge in [-0.1, -0.05) is 185 Å². The number of anilines is 3. The van der Waals surface area contributed by atoms with E-state index in [0.29, 0.717) is 0 Å². The van der Waals surface area contributed by atoms with Gasteiger partial charge >= 0.3 is 0 Å². The maximum atomic E-state index is 6.48. The molecular formula is C59H43NO. The fraction of sp³-hybridized carbons (Fsp3) is 0.0847. The maximum Gasteiger partial charge on any atom is 0.143 e. The Morgan fingerprint density at radius 2 is 0.836 bits per heavy atom. The molecule has 0 unspecified atom stereocenters. The van der Waals surface area contributed by atoms with Crippen LogP contribution in [0.15, 0.2) is 211 Å². The molecule has 9 aromatic carbocycles. The predicted octanol–water partition coefficient (Wildman–Crippen LogP) is 16.0. The molecule has 1 aromatic heterocycles. The third kappa shape index (κ3) is 5.28. The quantitative estimate of drug-likeness (QED) is 0.173. The zero-order chi connectivity index (χ0) is 40.9. The van der Waals surface area contributed by atoms with Gasteiger partial charge in [0.25, 0.3) is 0 Å². The normalized spacial score (nSPS) is 13.3. The Kier molecular flexibility index (Phi) is 7.74. The summed E-state index contributed by atoms with van der Waals surface area (Å²) in [7, 11) is 0. The van der Waals surface area contributed by atoms with Crippen LogP contribution in [-0.2, 0) is 10.8 Å². The summed E-state index contributed by atoms with van der Waals surface area (Å²) in [5, 5.41) is 2.27. The van der Waals surface area contributed by atoms with Crippen LogP contribution in [0, 0.1) is 0 Å². The maximum absolute atomic E-state index is 6.48. The SMILES string of the molecule is CC(C)(C)c1ccc(-c2ccc(N(c3ccc(-c4cccc5c4oc4ccccc45)cc3)c3ccc4c(c3)C3(c5ccccc5-c5ccccc53)c3ccccc3-4)cc2)cc1. The van der Waals surface area contributed by atoms with Crippen molar-refractivity contribution in [3.63, 3.8) is 0 Å². The third-order valence-electron chi connectivity index (χ3n) is 13.3. The highest BCUT2D eigenvalue weighted by atomic mass is 16.3. The molecule has 1 spiro atoms. The number of nitrogens with zero attached hydrogens (tertiary/aromatic N) is 1. The molecule has 2 aliphatic rings. The van der Waals surface area contributed by atoms with E-state index in [1.165, 1.54) is 61.2 Å². The molecule has 290 valence electrons. The predicted molar refractivity (Wildman–Crippen MR) is 254 cm³/mol. The highest BCUT2D eigenvalue weighted by molar-refractivity contribution is 6.09. The van der Waals surface area contributed by atoms with E-state index in [1.54, 1.807) is 0 Å². The van der Waals surface area contributed by atoms with Crippen LogP contribution in [0.3, 0.4) is 0 Å². The van der Waals surface area contributed by atoms with Crippen molar-refractivity contribution >= 4 is 39.0 Å². The van der Waals surface area contributed by atoms with E-state index >= 15 is 0 Å². The number of rotatable bonds is 5. The van der Waals surface area contributed by atoms with Crippen LogP contribution in [0.5, 0.6) is 0 Å². The first-order chi connectivity index (χ1) is 29.9. The number of hydrogen-bond donors (Lipinski definition) is 0. The van der Waals surface area contributed by atoms with Crippen LogP contribution in [-0.4, -0.2) is 0 Å². The van der Waals surface area contributed by atoms with E-state index in [9.17, 15) is 0 Å². The van der Waals surface area contributed by atoms with Crippen molar-refractivity contribution in [2.75, 3.05) is 4.90 Å². The van der Waals surface area contributed by atoms with E-state index < -0.39 is 5.41 Å². The fourth-order valence-electron chi connectivity index (χ4n) is 10.4. The summed E-state index contributed by atoms with van der Waals surface area (Å²) >= 11 is 0. The Morgan fingerprint density at radius 1 is 0.377 bits per heavy atom. The first-order valence-corrected chi connectivity index (χ1v) is 21.3. The number of para-hydroxylation sites is 2. The van der Waals surface area contributed by atoms with E-state index in [0.717, 1.165) is 50.1 Å².